The summed E-state index contributed by atoms with van der Waals surface area (Å²) in [5.41, 5.74) is 18.1. The Morgan fingerprint density at radius 1 is 0.268 bits per heavy atom. The first-order chi connectivity index (χ1) is 34.8. The van der Waals surface area contributed by atoms with E-state index in [4.69, 9.17) is 9.47 Å². The van der Waals surface area contributed by atoms with Crippen molar-refractivity contribution in [3.05, 3.63) is 275 Å². The highest BCUT2D eigenvalue weighted by atomic mass is 16.5. The van der Waals surface area contributed by atoms with Crippen molar-refractivity contribution in [2.75, 3.05) is 0 Å². The third kappa shape index (κ3) is 5.76. The van der Waals surface area contributed by atoms with Crippen molar-refractivity contribution in [1.82, 2.24) is 0 Å². The lowest BCUT2D eigenvalue weighted by Crippen LogP contribution is -2.28. The van der Waals surface area contributed by atoms with Gasteiger partial charge in [-0.2, -0.15) is 0 Å². The van der Waals surface area contributed by atoms with E-state index < -0.39 is 5.41 Å². The number of ether oxygens (including phenoxy) is 2. The molecular formula is C69H50O2. The monoisotopic (exact) mass is 910 g/mol. The average Bonchev–Trinajstić information content (AvgIpc) is 3.72. The predicted octanol–water partition coefficient (Wildman–Crippen LogP) is 18.2. The van der Waals surface area contributed by atoms with Gasteiger partial charge in [0.2, 0.25) is 0 Å². The molecule has 0 aromatic heterocycles. The smallest absolute Gasteiger partial charge is 0.139 e. The van der Waals surface area contributed by atoms with Crippen LogP contribution in [0.5, 0.6) is 23.0 Å². The summed E-state index contributed by atoms with van der Waals surface area (Å²) >= 11 is 0. The normalized spacial score (nSPS) is 15.0. The van der Waals surface area contributed by atoms with Gasteiger partial charge in [-0.3, -0.25) is 0 Å². The van der Waals surface area contributed by atoms with Gasteiger partial charge in [-0.25, -0.2) is 0 Å². The minimum absolute atomic E-state index is 0.267. The van der Waals surface area contributed by atoms with Crippen LogP contribution in [0.4, 0.5) is 0 Å². The van der Waals surface area contributed by atoms with Crippen molar-refractivity contribution in [3.63, 3.8) is 0 Å². The molecule has 14 rings (SSSR count). The number of para-hydroxylation sites is 4. The zero-order valence-corrected chi connectivity index (χ0v) is 40.3. The maximum Gasteiger partial charge on any atom is 0.139 e. The fourth-order valence-corrected chi connectivity index (χ4v) is 13.0. The quantitative estimate of drug-likeness (QED) is 0.160. The molecule has 1 aliphatic carbocycles. The predicted molar refractivity (Wildman–Crippen MR) is 292 cm³/mol. The summed E-state index contributed by atoms with van der Waals surface area (Å²) in [6, 6.07) is 85.0. The number of rotatable bonds is 5. The summed E-state index contributed by atoms with van der Waals surface area (Å²) in [4.78, 5) is 0. The molecule has 11 aromatic carbocycles. The van der Waals surface area contributed by atoms with E-state index in [0.29, 0.717) is 0 Å². The molecule has 0 amide bonds. The first-order valence-electron chi connectivity index (χ1n) is 24.9. The molecule has 338 valence electrons. The second-order valence-corrected chi connectivity index (χ2v) is 20.6. The molecule has 11 aromatic rings. The summed E-state index contributed by atoms with van der Waals surface area (Å²) in [5.74, 6) is 3.64. The van der Waals surface area contributed by atoms with Crippen LogP contribution >= 0.6 is 0 Å². The molecule has 0 bridgehead atoms. The third-order valence-corrected chi connectivity index (χ3v) is 16.3. The summed E-state index contributed by atoms with van der Waals surface area (Å²) in [5, 5.41) is 4.69. The highest BCUT2D eigenvalue weighted by Crippen LogP contribution is 2.60. The van der Waals surface area contributed by atoms with Crippen LogP contribution in [-0.2, 0) is 16.2 Å². The Kier molecular flexibility index (Phi) is 8.93. The Bertz CT molecular complexity index is 3780. The SMILES string of the molecule is CC1(C)c2ccccc2Oc2c(-c3cccc4c(-c5cccc6c5-c5ccccc5C6(c5ccccc5)c5ccccc5)c5cccc(-c6cccc7c6Oc6ccccc6C7(C)C)c5cc34)cccc21. The lowest BCUT2D eigenvalue weighted by molar-refractivity contribution is 0.419. The lowest BCUT2D eigenvalue weighted by atomic mass is 9.67. The Morgan fingerprint density at radius 2 is 0.648 bits per heavy atom. The average molecular weight is 911 g/mol. The van der Waals surface area contributed by atoms with Crippen molar-refractivity contribution in [3.8, 4) is 67.5 Å². The summed E-state index contributed by atoms with van der Waals surface area (Å²) in [7, 11) is 0. The number of benzene rings is 11. The minimum Gasteiger partial charge on any atom is -0.456 e. The fraction of sp³-hybridized carbons (Fsp3) is 0.101. The second kappa shape index (κ2) is 15.3. The number of hydrogen-bond acceptors (Lipinski definition) is 2. The van der Waals surface area contributed by atoms with Crippen LogP contribution in [0, 0.1) is 0 Å². The molecular weight excluding hydrogens is 861 g/mol. The summed E-state index contributed by atoms with van der Waals surface area (Å²) in [6.45, 7) is 9.27. The van der Waals surface area contributed by atoms with Crippen molar-refractivity contribution < 1.29 is 9.47 Å². The Balaban J connectivity index is 1.11. The maximum atomic E-state index is 7.04. The molecule has 0 radical (unpaired) electrons. The zero-order valence-electron chi connectivity index (χ0n) is 40.3. The maximum absolute atomic E-state index is 7.04. The van der Waals surface area contributed by atoms with Gasteiger partial charge >= 0.3 is 0 Å². The Labute approximate surface area is 415 Å². The molecule has 2 heterocycles. The van der Waals surface area contributed by atoms with E-state index in [9.17, 15) is 0 Å². The van der Waals surface area contributed by atoms with E-state index in [0.717, 1.165) is 56.0 Å². The lowest BCUT2D eigenvalue weighted by Gasteiger charge is -2.35. The highest BCUT2D eigenvalue weighted by molar-refractivity contribution is 6.21. The molecule has 0 spiro atoms. The van der Waals surface area contributed by atoms with Crippen molar-refractivity contribution in [1.29, 1.82) is 0 Å². The second-order valence-electron chi connectivity index (χ2n) is 20.6. The molecule has 0 N–H and O–H groups in total. The van der Waals surface area contributed by atoms with Crippen molar-refractivity contribution >= 4 is 21.5 Å². The van der Waals surface area contributed by atoms with Gasteiger partial charge in [0.1, 0.15) is 23.0 Å². The minimum atomic E-state index is -0.547. The van der Waals surface area contributed by atoms with E-state index in [1.165, 1.54) is 77.5 Å². The first-order valence-corrected chi connectivity index (χ1v) is 24.9. The van der Waals surface area contributed by atoms with Gasteiger partial charge in [-0.15, -0.1) is 0 Å². The largest absolute Gasteiger partial charge is 0.456 e. The van der Waals surface area contributed by atoms with Crippen LogP contribution in [0.2, 0.25) is 0 Å². The zero-order chi connectivity index (χ0) is 47.6. The molecule has 2 aliphatic heterocycles. The van der Waals surface area contributed by atoms with Gasteiger partial charge in [-0.1, -0.05) is 240 Å². The molecule has 0 fully saturated rings. The van der Waals surface area contributed by atoms with Gasteiger partial charge in [0, 0.05) is 44.2 Å². The third-order valence-electron chi connectivity index (χ3n) is 16.3. The molecule has 0 unspecified atom stereocenters. The Morgan fingerprint density at radius 3 is 1.17 bits per heavy atom. The molecule has 2 heteroatoms. The van der Waals surface area contributed by atoms with Gasteiger partial charge in [0.15, 0.2) is 0 Å². The van der Waals surface area contributed by atoms with Gasteiger partial charge < -0.3 is 9.47 Å². The summed E-state index contributed by atoms with van der Waals surface area (Å²) in [6.07, 6.45) is 0. The van der Waals surface area contributed by atoms with Gasteiger partial charge in [0.05, 0.1) is 5.41 Å². The van der Waals surface area contributed by atoms with Crippen LogP contribution in [0.1, 0.15) is 72.2 Å². The molecule has 0 saturated carbocycles. The molecule has 3 aliphatic rings. The van der Waals surface area contributed by atoms with E-state index in [1.54, 1.807) is 0 Å². The number of hydrogen-bond donors (Lipinski definition) is 0. The highest BCUT2D eigenvalue weighted by Gasteiger charge is 2.47. The number of fused-ring (bicyclic) bond motifs is 9. The Hall–Kier alpha value is -8.46. The van der Waals surface area contributed by atoms with Crippen LogP contribution in [0.25, 0.3) is 66.1 Å². The molecule has 0 atom stereocenters. The topological polar surface area (TPSA) is 18.5 Å². The van der Waals surface area contributed by atoms with E-state index in [-0.39, 0.29) is 10.8 Å². The molecule has 71 heavy (non-hydrogen) atoms. The molecule has 2 nitrogen and oxygen atoms in total. The standard InChI is InChI=1S/C69H50O2/c1-67(2)56-35-13-15-40-61(56)70-65-49(31-19-38-59(65)67)45-27-17-29-47-53(45)42-54-46(50-32-20-39-60-66(50)71-62-41-16-14-36-57(62)68(60,3)4)28-18-30-48(54)63(47)52-33-21-37-58-64(52)51-26-11-12-34-55(51)69(58,43-22-7-5-8-23-43)44-24-9-6-10-25-44/h5-42H,1-4H3. The van der Waals surface area contributed by atoms with Crippen LogP contribution in [0.15, 0.2) is 231 Å². The van der Waals surface area contributed by atoms with Crippen LogP contribution in [0.3, 0.4) is 0 Å². The molecule has 0 saturated heterocycles. The van der Waals surface area contributed by atoms with E-state index >= 15 is 0 Å². The first kappa shape index (κ1) is 41.5. The fourth-order valence-electron chi connectivity index (χ4n) is 13.0. The summed E-state index contributed by atoms with van der Waals surface area (Å²) < 4.78 is 14.1. The van der Waals surface area contributed by atoms with Crippen molar-refractivity contribution in [2.45, 2.75) is 43.9 Å². The van der Waals surface area contributed by atoms with E-state index in [2.05, 4.69) is 258 Å². The van der Waals surface area contributed by atoms with Crippen LogP contribution in [-0.4, -0.2) is 0 Å². The van der Waals surface area contributed by atoms with Crippen molar-refractivity contribution in [2.24, 2.45) is 0 Å². The van der Waals surface area contributed by atoms with Crippen LogP contribution < -0.4 is 9.47 Å². The van der Waals surface area contributed by atoms with E-state index in [1.807, 2.05) is 0 Å². The van der Waals surface area contributed by atoms with Gasteiger partial charge in [0.25, 0.3) is 0 Å². The van der Waals surface area contributed by atoms with Gasteiger partial charge in [-0.05, 0) is 95.4 Å².